The first-order valence-corrected chi connectivity index (χ1v) is 8.07. The number of alkyl carbamates (subject to hydrolysis) is 1. The van der Waals surface area contributed by atoms with Crippen LogP contribution in [0.5, 0.6) is 0 Å². The van der Waals surface area contributed by atoms with E-state index in [-0.39, 0.29) is 6.09 Å². The van der Waals surface area contributed by atoms with E-state index >= 15 is 0 Å². The van der Waals surface area contributed by atoms with Crippen molar-refractivity contribution in [1.82, 2.24) is 10.6 Å². The zero-order chi connectivity index (χ0) is 15.2. The molecule has 3 atom stereocenters. The van der Waals surface area contributed by atoms with Crippen LogP contribution in [0.3, 0.4) is 0 Å². The van der Waals surface area contributed by atoms with Gasteiger partial charge in [-0.3, -0.25) is 0 Å². The van der Waals surface area contributed by atoms with Crippen LogP contribution in [-0.4, -0.2) is 30.3 Å². The molecule has 0 heterocycles. The largest absolute Gasteiger partial charge is 0.444 e. The number of ether oxygens (including phenoxy) is 1. The number of hydrogen-bond donors (Lipinski definition) is 2. The van der Waals surface area contributed by atoms with Crippen molar-refractivity contribution in [2.45, 2.75) is 84.4 Å². The molecule has 1 amide bonds. The lowest BCUT2D eigenvalue weighted by Crippen LogP contribution is -2.45. The van der Waals surface area contributed by atoms with Gasteiger partial charge in [0.2, 0.25) is 0 Å². The molecule has 1 aliphatic rings. The molecule has 1 saturated carbocycles. The molecule has 4 heteroatoms. The van der Waals surface area contributed by atoms with E-state index in [1.54, 1.807) is 0 Å². The normalized spacial score (nSPS) is 24.4. The van der Waals surface area contributed by atoms with Gasteiger partial charge < -0.3 is 15.4 Å². The third-order valence-electron chi connectivity index (χ3n) is 3.97. The van der Waals surface area contributed by atoms with E-state index in [0.717, 1.165) is 12.3 Å². The third kappa shape index (κ3) is 6.60. The fourth-order valence-electron chi connectivity index (χ4n) is 2.77. The van der Waals surface area contributed by atoms with Crippen LogP contribution in [0.4, 0.5) is 4.79 Å². The van der Waals surface area contributed by atoms with E-state index in [4.69, 9.17) is 4.74 Å². The van der Waals surface area contributed by atoms with Crippen LogP contribution in [0.25, 0.3) is 0 Å². The maximum absolute atomic E-state index is 11.7. The number of hydrogen-bond acceptors (Lipinski definition) is 3. The van der Waals surface area contributed by atoms with Crippen molar-refractivity contribution >= 4 is 6.09 Å². The minimum atomic E-state index is -0.432. The van der Waals surface area contributed by atoms with Gasteiger partial charge in [0.05, 0.1) is 0 Å². The van der Waals surface area contributed by atoms with Gasteiger partial charge in [-0.15, -0.1) is 0 Å². The van der Waals surface area contributed by atoms with E-state index < -0.39 is 5.60 Å². The lowest BCUT2D eigenvalue weighted by atomic mass is 10.1. The van der Waals surface area contributed by atoms with Gasteiger partial charge >= 0.3 is 6.09 Å². The van der Waals surface area contributed by atoms with Crippen molar-refractivity contribution in [3.8, 4) is 0 Å². The van der Waals surface area contributed by atoms with Crippen LogP contribution >= 0.6 is 0 Å². The summed E-state index contributed by atoms with van der Waals surface area (Å²) in [4.78, 5) is 11.7. The molecule has 0 aliphatic heterocycles. The summed E-state index contributed by atoms with van der Waals surface area (Å²) in [6.07, 6.45) is 5.86. The molecule has 0 aromatic rings. The van der Waals surface area contributed by atoms with Gasteiger partial charge in [0, 0.05) is 18.6 Å². The zero-order valence-electron chi connectivity index (χ0n) is 13.8. The van der Waals surface area contributed by atoms with Gasteiger partial charge in [-0.25, -0.2) is 4.79 Å². The number of amides is 1. The lowest BCUT2D eigenvalue weighted by Gasteiger charge is -2.24. The van der Waals surface area contributed by atoms with Crippen LogP contribution in [0.15, 0.2) is 0 Å². The molecule has 0 aromatic heterocycles. The summed E-state index contributed by atoms with van der Waals surface area (Å²) in [5, 5.41) is 6.54. The molecule has 4 nitrogen and oxygen atoms in total. The highest BCUT2D eigenvalue weighted by molar-refractivity contribution is 5.67. The molecule has 2 N–H and O–H groups in total. The zero-order valence-corrected chi connectivity index (χ0v) is 13.8. The van der Waals surface area contributed by atoms with Crippen molar-refractivity contribution in [3.63, 3.8) is 0 Å². The summed E-state index contributed by atoms with van der Waals surface area (Å²) in [5.41, 5.74) is -0.432. The molecule has 1 aliphatic carbocycles. The molecule has 1 rings (SSSR count). The highest BCUT2D eigenvalue weighted by Crippen LogP contribution is 2.28. The molecule has 1 fully saturated rings. The standard InChI is InChI=1S/C16H32N2O2/c1-6-12-8-9-14(10-12)18-13(7-2)11-17-15(19)20-16(3,4)5/h12-14,18H,6-11H2,1-5H3,(H,17,19). The van der Waals surface area contributed by atoms with Crippen molar-refractivity contribution in [2.24, 2.45) is 5.92 Å². The van der Waals surface area contributed by atoms with Crippen LogP contribution in [0.1, 0.15) is 66.7 Å². The van der Waals surface area contributed by atoms with Crippen molar-refractivity contribution < 1.29 is 9.53 Å². The van der Waals surface area contributed by atoms with Gasteiger partial charge in [-0.05, 0) is 52.4 Å². The molecule has 0 bridgehead atoms. The molecule has 0 radical (unpaired) electrons. The van der Waals surface area contributed by atoms with Crippen molar-refractivity contribution in [2.75, 3.05) is 6.54 Å². The van der Waals surface area contributed by atoms with Crippen LogP contribution in [0, 0.1) is 5.92 Å². The summed E-state index contributed by atoms with van der Waals surface area (Å²) in [7, 11) is 0. The average molecular weight is 284 g/mol. The molecular weight excluding hydrogens is 252 g/mol. The first kappa shape index (κ1) is 17.3. The van der Waals surface area contributed by atoms with Gasteiger partial charge in [-0.2, -0.15) is 0 Å². The van der Waals surface area contributed by atoms with Crippen molar-refractivity contribution in [1.29, 1.82) is 0 Å². The van der Waals surface area contributed by atoms with Gasteiger partial charge in [0.25, 0.3) is 0 Å². The van der Waals surface area contributed by atoms with E-state index in [1.807, 2.05) is 20.8 Å². The second-order valence-corrected chi connectivity index (χ2v) is 6.94. The average Bonchev–Trinajstić information content (AvgIpc) is 2.80. The summed E-state index contributed by atoms with van der Waals surface area (Å²) >= 11 is 0. The Kier molecular flexibility index (Phi) is 6.80. The predicted octanol–water partition coefficient (Wildman–Crippen LogP) is 3.46. The third-order valence-corrected chi connectivity index (χ3v) is 3.97. The number of carbonyl (C=O) groups is 1. The van der Waals surface area contributed by atoms with E-state index in [0.29, 0.717) is 18.6 Å². The molecule has 0 aromatic carbocycles. The Hall–Kier alpha value is -0.770. The Morgan fingerprint density at radius 2 is 2.00 bits per heavy atom. The summed E-state index contributed by atoms with van der Waals surface area (Å²) in [6, 6.07) is 0.952. The Labute approximate surface area is 124 Å². The van der Waals surface area contributed by atoms with E-state index in [2.05, 4.69) is 24.5 Å². The molecular formula is C16H32N2O2. The second kappa shape index (κ2) is 7.87. The Bertz CT molecular complexity index is 299. The maximum atomic E-state index is 11.7. The number of carbonyl (C=O) groups excluding carboxylic acids is 1. The van der Waals surface area contributed by atoms with Gasteiger partial charge in [0.1, 0.15) is 5.60 Å². The molecule has 20 heavy (non-hydrogen) atoms. The monoisotopic (exact) mass is 284 g/mol. The Morgan fingerprint density at radius 3 is 2.50 bits per heavy atom. The maximum Gasteiger partial charge on any atom is 0.407 e. The Balaban J connectivity index is 2.28. The van der Waals surface area contributed by atoms with Crippen LogP contribution in [-0.2, 0) is 4.74 Å². The fourth-order valence-corrected chi connectivity index (χ4v) is 2.77. The minimum absolute atomic E-state index is 0.324. The first-order valence-electron chi connectivity index (χ1n) is 8.07. The summed E-state index contributed by atoms with van der Waals surface area (Å²) in [5.74, 6) is 0.879. The topological polar surface area (TPSA) is 50.4 Å². The summed E-state index contributed by atoms with van der Waals surface area (Å²) < 4.78 is 5.26. The fraction of sp³-hybridized carbons (Fsp3) is 0.938. The van der Waals surface area contributed by atoms with Gasteiger partial charge in [0.15, 0.2) is 0 Å². The van der Waals surface area contributed by atoms with Crippen LogP contribution in [0.2, 0.25) is 0 Å². The first-order chi connectivity index (χ1) is 9.34. The lowest BCUT2D eigenvalue weighted by molar-refractivity contribution is 0.0521. The highest BCUT2D eigenvalue weighted by Gasteiger charge is 2.25. The van der Waals surface area contributed by atoms with Gasteiger partial charge in [-0.1, -0.05) is 20.3 Å². The second-order valence-electron chi connectivity index (χ2n) is 6.94. The smallest absolute Gasteiger partial charge is 0.407 e. The van der Waals surface area contributed by atoms with E-state index in [9.17, 15) is 4.79 Å². The molecule has 3 unspecified atom stereocenters. The predicted molar refractivity (Wildman–Crippen MR) is 82.9 cm³/mol. The molecule has 0 saturated heterocycles. The Morgan fingerprint density at radius 1 is 1.30 bits per heavy atom. The molecule has 0 spiro atoms. The number of rotatable bonds is 6. The SMILES string of the molecule is CCC1CCC(NC(CC)CNC(=O)OC(C)(C)C)C1. The molecule has 118 valence electrons. The minimum Gasteiger partial charge on any atom is -0.444 e. The van der Waals surface area contributed by atoms with Crippen molar-refractivity contribution in [3.05, 3.63) is 0 Å². The van der Waals surface area contributed by atoms with Crippen LogP contribution < -0.4 is 10.6 Å². The van der Waals surface area contributed by atoms with E-state index in [1.165, 1.54) is 25.7 Å². The highest BCUT2D eigenvalue weighted by atomic mass is 16.6. The quantitative estimate of drug-likeness (QED) is 0.785. The summed E-state index contributed by atoms with van der Waals surface area (Å²) in [6.45, 7) is 10.7. The number of nitrogens with one attached hydrogen (secondary N) is 2.